The smallest absolute Gasteiger partial charge is 0.294 e. The standard InChI is InChI=1S/C18H19N5O4/c1-14(25)22(13-24)15-5-6-16(17(12-15)23(26)27)20-8-10-21(11-9-20)18-4-2-3-7-19-18/h2-7,12-13H,8-11H2,1H3. The topological polar surface area (TPSA) is 99.9 Å². The van der Waals surface area contributed by atoms with Crippen LogP contribution in [-0.2, 0) is 9.59 Å². The third kappa shape index (κ3) is 3.86. The molecule has 3 rings (SSSR count). The molecule has 0 aliphatic carbocycles. The lowest BCUT2D eigenvalue weighted by molar-refractivity contribution is -0.384. The fourth-order valence-corrected chi connectivity index (χ4v) is 3.11. The fourth-order valence-electron chi connectivity index (χ4n) is 3.11. The van der Waals surface area contributed by atoms with E-state index >= 15 is 0 Å². The van der Waals surface area contributed by atoms with Crippen molar-refractivity contribution in [2.75, 3.05) is 40.9 Å². The second-order valence-corrected chi connectivity index (χ2v) is 6.09. The van der Waals surface area contributed by atoms with E-state index in [0.29, 0.717) is 38.3 Å². The Morgan fingerprint density at radius 2 is 1.89 bits per heavy atom. The first-order chi connectivity index (χ1) is 13.0. The summed E-state index contributed by atoms with van der Waals surface area (Å²) in [6, 6.07) is 10.1. The van der Waals surface area contributed by atoms with Crippen LogP contribution in [0.1, 0.15) is 6.92 Å². The largest absolute Gasteiger partial charge is 0.362 e. The van der Waals surface area contributed by atoms with Crippen molar-refractivity contribution in [3.8, 4) is 0 Å². The van der Waals surface area contributed by atoms with Gasteiger partial charge >= 0.3 is 0 Å². The summed E-state index contributed by atoms with van der Waals surface area (Å²) in [6.07, 6.45) is 2.09. The molecule has 1 aliphatic heterocycles. The van der Waals surface area contributed by atoms with E-state index in [1.54, 1.807) is 18.3 Å². The minimum absolute atomic E-state index is 0.133. The van der Waals surface area contributed by atoms with Crippen LogP contribution in [0.4, 0.5) is 22.9 Å². The van der Waals surface area contributed by atoms with Crippen molar-refractivity contribution in [2.24, 2.45) is 0 Å². The number of piperazine rings is 1. The molecule has 0 radical (unpaired) electrons. The minimum Gasteiger partial charge on any atom is -0.362 e. The van der Waals surface area contributed by atoms with Crippen LogP contribution in [0.5, 0.6) is 0 Å². The molecule has 0 bridgehead atoms. The maximum atomic E-state index is 11.5. The number of amides is 2. The number of carbonyl (C=O) groups is 2. The first-order valence-electron chi connectivity index (χ1n) is 8.45. The Morgan fingerprint density at radius 1 is 1.19 bits per heavy atom. The molecule has 27 heavy (non-hydrogen) atoms. The SMILES string of the molecule is CC(=O)N(C=O)c1ccc(N2CCN(c3ccccn3)CC2)c([N+](=O)[O-])c1. The van der Waals surface area contributed by atoms with Crippen LogP contribution in [0, 0.1) is 10.1 Å². The molecule has 0 unspecified atom stereocenters. The predicted octanol–water partition coefficient (Wildman–Crippen LogP) is 1.83. The molecule has 1 aliphatic rings. The van der Waals surface area contributed by atoms with Gasteiger partial charge in [0.15, 0.2) is 0 Å². The summed E-state index contributed by atoms with van der Waals surface area (Å²) < 4.78 is 0. The molecular formula is C18H19N5O4. The molecule has 1 fully saturated rings. The second kappa shape index (κ2) is 7.81. The van der Waals surface area contributed by atoms with Gasteiger partial charge in [-0.05, 0) is 24.3 Å². The molecule has 2 heterocycles. The summed E-state index contributed by atoms with van der Waals surface area (Å²) in [7, 11) is 0. The number of anilines is 3. The number of imide groups is 1. The van der Waals surface area contributed by atoms with E-state index < -0.39 is 10.8 Å². The summed E-state index contributed by atoms with van der Waals surface area (Å²) in [6.45, 7) is 3.79. The van der Waals surface area contributed by atoms with Crippen molar-refractivity contribution >= 4 is 35.2 Å². The van der Waals surface area contributed by atoms with Crippen LogP contribution in [0.25, 0.3) is 0 Å². The zero-order valence-electron chi connectivity index (χ0n) is 14.8. The highest BCUT2D eigenvalue weighted by molar-refractivity contribution is 6.06. The Kier molecular flexibility index (Phi) is 5.30. The maximum Gasteiger partial charge on any atom is 0.294 e. The Morgan fingerprint density at radius 3 is 2.44 bits per heavy atom. The lowest BCUT2D eigenvalue weighted by Gasteiger charge is -2.36. The molecule has 0 atom stereocenters. The number of nitro groups is 1. The van der Waals surface area contributed by atoms with Crippen LogP contribution in [-0.4, -0.2) is 48.4 Å². The minimum atomic E-state index is -0.504. The van der Waals surface area contributed by atoms with Gasteiger partial charge in [0.25, 0.3) is 5.69 Å². The molecule has 9 nitrogen and oxygen atoms in total. The summed E-state index contributed by atoms with van der Waals surface area (Å²) in [4.78, 5) is 42.9. The van der Waals surface area contributed by atoms with Gasteiger partial charge in [-0.25, -0.2) is 4.98 Å². The number of benzene rings is 1. The van der Waals surface area contributed by atoms with Crippen LogP contribution in [0.3, 0.4) is 0 Å². The molecule has 2 aromatic rings. The van der Waals surface area contributed by atoms with Gasteiger partial charge < -0.3 is 9.80 Å². The van der Waals surface area contributed by atoms with Crippen LogP contribution in [0.2, 0.25) is 0 Å². The third-order valence-corrected chi connectivity index (χ3v) is 4.47. The molecule has 9 heteroatoms. The number of nitro benzene ring substituents is 1. The summed E-state index contributed by atoms with van der Waals surface area (Å²) in [5.41, 5.74) is 0.519. The molecule has 2 amide bonds. The van der Waals surface area contributed by atoms with E-state index in [4.69, 9.17) is 0 Å². The highest BCUT2D eigenvalue weighted by atomic mass is 16.6. The van der Waals surface area contributed by atoms with E-state index in [0.717, 1.165) is 10.7 Å². The second-order valence-electron chi connectivity index (χ2n) is 6.09. The first kappa shape index (κ1) is 18.3. The average molecular weight is 369 g/mol. The lowest BCUT2D eigenvalue weighted by atomic mass is 10.2. The Hall–Kier alpha value is -3.49. The predicted molar refractivity (Wildman–Crippen MR) is 101 cm³/mol. The van der Waals surface area contributed by atoms with E-state index in [9.17, 15) is 19.7 Å². The van der Waals surface area contributed by atoms with Gasteiger partial charge in [-0.1, -0.05) is 6.07 Å². The van der Waals surface area contributed by atoms with Crippen LogP contribution < -0.4 is 14.7 Å². The van der Waals surface area contributed by atoms with Gasteiger partial charge in [0, 0.05) is 45.4 Å². The van der Waals surface area contributed by atoms with Crippen molar-refractivity contribution in [2.45, 2.75) is 6.92 Å². The fraction of sp³-hybridized carbons (Fsp3) is 0.278. The van der Waals surface area contributed by atoms with Crippen molar-refractivity contribution in [1.29, 1.82) is 0 Å². The van der Waals surface area contributed by atoms with E-state index in [2.05, 4.69) is 9.88 Å². The van der Waals surface area contributed by atoms with Crippen LogP contribution in [0.15, 0.2) is 42.6 Å². The number of pyridine rings is 1. The summed E-state index contributed by atoms with van der Waals surface area (Å²) in [5, 5.41) is 11.5. The summed E-state index contributed by atoms with van der Waals surface area (Å²) in [5.74, 6) is 0.376. The zero-order chi connectivity index (χ0) is 19.4. The monoisotopic (exact) mass is 369 g/mol. The first-order valence-corrected chi connectivity index (χ1v) is 8.45. The summed E-state index contributed by atoms with van der Waals surface area (Å²) >= 11 is 0. The van der Waals surface area contributed by atoms with Gasteiger partial charge in [-0.2, -0.15) is 0 Å². The van der Waals surface area contributed by atoms with Crippen LogP contribution >= 0.6 is 0 Å². The molecule has 1 saturated heterocycles. The molecule has 0 saturated carbocycles. The van der Waals surface area contributed by atoms with Crippen molar-refractivity contribution in [1.82, 2.24) is 4.98 Å². The number of rotatable bonds is 5. The molecule has 140 valence electrons. The number of carbonyl (C=O) groups excluding carboxylic acids is 2. The normalized spacial score (nSPS) is 14.0. The van der Waals surface area contributed by atoms with E-state index in [-0.39, 0.29) is 11.4 Å². The van der Waals surface area contributed by atoms with Gasteiger partial charge in [0.2, 0.25) is 12.3 Å². The van der Waals surface area contributed by atoms with Gasteiger partial charge in [0.1, 0.15) is 11.5 Å². The maximum absolute atomic E-state index is 11.5. The Balaban J connectivity index is 1.81. The zero-order valence-corrected chi connectivity index (χ0v) is 14.8. The quantitative estimate of drug-likeness (QED) is 0.450. The van der Waals surface area contributed by atoms with Gasteiger partial charge in [-0.15, -0.1) is 0 Å². The number of nitrogens with zero attached hydrogens (tertiary/aromatic N) is 5. The highest BCUT2D eigenvalue weighted by Crippen LogP contribution is 2.33. The molecule has 0 N–H and O–H groups in total. The molecule has 0 spiro atoms. The lowest BCUT2D eigenvalue weighted by Crippen LogP contribution is -2.47. The van der Waals surface area contributed by atoms with E-state index in [1.807, 2.05) is 23.1 Å². The third-order valence-electron chi connectivity index (χ3n) is 4.47. The number of hydrogen-bond acceptors (Lipinski definition) is 7. The van der Waals surface area contributed by atoms with Crippen molar-refractivity contribution < 1.29 is 14.5 Å². The Bertz CT molecular complexity index is 850. The highest BCUT2D eigenvalue weighted by Gasteiger charge is 2.26. The van der Waals surface area contributed by atoms with Crippen molar-refractivity contribution in [3.05, 3.63) is 52.7 Å². The van der Waals surface area contributed by atoms with Crippen molar-refractivity contribution in [3.63, 3.8) is 0 Å². The molecule has 1 aromatic heterocycles. The molecule has 1 aromatic carbocycles. The Labute approximate surface area is 156 Å². The molecular weight excluding hydrogens is 350 g/mol. The van der Waals surface area contributed by atoms with Gasteiger partial charge in [-0.3, -0.25) is 24.6 Å². The van der Waals surface area contributed by atoms with E-state index in [1.165, 1.54) is 13.0 Å². The number of hydrogen-bond donors (Lipinski definition) is 0. The average Bonchev–Trinajstić information content (AvgIpc) is 2.69. The number of aromatic nitrogens is 1. The van der Waals surface area contributed by atoms with Gasteiger partial charge in [0.05, 0.1) is 10.6 Å².